The van der Waals surface area contributed by atoms with Crippen molar-refractivity contribution in [1.82, 2.24) is 5.32 Å². The van der Waals surface area contributed by atoms with Gasteiger partial charge in [-0.2, -0.15) is 13.2 Å². The van der Waals surface area contributed by atoms with Crippen LogP contribution in [0.3, 0.4) is 0 Å². The van der Waals surface area contributed by atoms with Gasteiger partial charge in [-0.15, -0.1) is 0 Å². The number of rotatable bonds is 4. The zero-order valence-electron chi connectivity index (χ0n) is 12.3. The van der Waals surface area contributed by atoms with Gasteiger partial charge in [-0.05, 0) is 30.5 Å². The second kappa shape index (κ2) is 6.16. The highest BCUT2D eigenvalue weighted by molar-refractivity contribution is 5.86. The predicted molar refractivity (Wildman–Crippen MR) is 75.2 cm³/mol. The van der Waals surface area contributed by atoms with Crippen molar-refractivity contribution < 1.29 is 22.7 Å². The first-order chi connectivity index (χ1) is 10.3. The van der Waals surface area contributed by atoms with Crippen LogP contribution >= 0.6 is 0 Å². The van der Waals surface area contributed by atoms with E-state index in [4.69, 9.17) is 10.5 Å². The highest BCUT2D eigenvalue weighted by Crippen LogP contribution is 2.34. The number of benzene rings is 1. The summed E-state index contributed by atoms with van der Waals surface area (Å²) >= 11 is 0. The second-order valence-electron chi connectivity index (χ2n) is 5.57. The summed E-state index contributed by atoms with van der Waals surface area (Å²) in [5.41, 5.74) is 4.20. The first kappa shape index (κ1) is 16.6. The summed E-state index contributed by atoms with van der Waals surface area (Å²) in [5.74, 6) is -0.276. The molecule has 4 nitrogen and oxygen atoms in total. The molecule has 1 aromatic carbocycles. The third-order valence-electron chi connectivity index (χ3n) is 4.01. The highest BCUT2D eigenvalue weighted by Gasteiger charge is 2.38. The lowest BCUT2D eigenvalue weighted by Crippen LogP contribution is -2.51. The average Bonchev–Trinajstić information content (AvgIpc) is 2.91. The molecule has 2 rings (SSSR count). The largest absolute Gasteiger partial charge is 0.497 e. The molecule has 0 spiro atoms. The second-order valence-corrected chi connectivity index (χ2v) is 5.57. The number of nitrogens with one attached hydrogen (secondary N) is 1. The van der Waals surface area contributed by atoms with E-state index in [9.17, 15) is 18.0 Å². The minimum Gasteiger partial charge on any atom is -0.497 e. The van der Waals surface area contributed by atoms with Crippen molar-refractivity contribution in [3.8, 4) is 5.75 Å². The normalized spacial score (nSPS) is 17.3. The molecule has 1 aromatic rings. The Morgan fingerprint density at radius 3 is 2.55 bits per heavy atom. The lowest BCUT2D eigenvalue weighted by atomic mass is 9.97. The van der Waals surface area contributed by atoms with Crippen LogP contribution in [0.1, 0.15) is 36.8 Å². The summed E-state index contributed by atoms with van der Waals surface area (Å²) in [5, 5.41) is 2.53. The molecule has 1 aliphatic carbocycles. The number of nitrogens with two attached hydrogens (primary N) is 1. The van der Waals surface area contributed by atoms with E-state index in [1.807, 2.05) is 0 Å². The van der Waals surface area contributed by atoms with Gasteiger partial charge < -0.3 is 15.8 Å². The fraction of sp³-hybridized carbons (Fsp3) is 0.533. The monoisotopic (exact) mass is 316 g/mol. The van der Waals surface area contributed by atoms with E-state index in [2.05, 4.69) is 5.32 Å². The van der Waals surface area contributed by atoms with E-state index in [1.165, 1.54) is 19.2 Å². The molecule has 7 heteroatoms. The quantitative estimate of drug-likeness (QED) is 0.897. The van der Waals surface area contributed by atoms with Crippen molar-refractivity contribution in [2.75, 3.05) is 7.11 Å². The van der Waals surface area contributed by atoms with E-state index in [1.54, 1.807) is 0 Å². The molecule has 1 saturated carbocycles. The third-order valence-corrected chi connectivity index (χ3v) is 4.01. The molecule has 22 heavy (non-hydrogen) atoms. The molecular weight excluding hydrogens is 297 g/mol. The number of carbonyl (C=O) groups is 1. The van der Waals surface area contributed by atoms with Crippen LogP contribution in [-0.4, -0.2) is 18.6 Å². The van der Waals surface area contributed by atoms with Gasteiger partial charge in [0.1, 0.15) is 5.75 Å². The Bertz CT molecular complexity index is 552. The smallest absolute Gasteiger partial charge is 0.416 e. The summed E-state index contributed by atoms with van der Waals surface area (Å²) in [7, 11) is 1.30. The Morgan fingerprint density at radius 1 is 1.36 bits per heavy atom. The summed E-state index contributed by atoms with van der Waals surface area (Å²) in [6.07, 6.45) is -1.66. The molecule has 0 aromatic heterocycles. The Hall–Kier alpha value is -1.76. The minimum atomic E-state index is -4.51. The van der Waals surface area contributed by atoms with Gasteiger partial charge in [0.25, 0.3) is 0 Å². The van der Waals surface area contributed by atoms with Crippen LogP contribution in [0, 0.1) is 0 Å². The van der Waals surface area contributed by atoms with Gasteiger partial charge in [0.15, 0.2) is 0 Å². The molecule has 1 aliphatic rings. The van der Waals surface area contributed by atoms with E-state index >= 15 is 0 Å². The maximum absolute atomic E-state index is 13.1. The van der Waals surface area contributed by atoms with Crippen molar-refractivity contribution in [3.63, 3.8) is 0 Å². The van der Waals surface area contributed by atoms with E-state index in [0.29, 0.717) is 12.8 Å². The number of hydrogen-bond donors (Lipinski definition) is 2. The molecule has 0 unspecified atom stereocenters. The molecular formula is C15H19F3N2O2. The molecule has 0 bridgehead atoms. The summed E-state index contributed by atoms with van der Waals surface area (Å²) < 4.78 is 44.0. The van der Waals surface area contributed by atoms with Crippen LogP contribution in [0.25, 0.3) is 0 Å². The van der Waals surface area contributed by atoms with Crippen molar-refractivity contribution in [2.24, 2.45) is 5.73 Å². The van der Waals surface area contributed by atoms with Crippen molar-refractivity contribution in [3.05, 3.63) is 29.3 Å². The van der Waals surface area contributed by atoms with E-state index in [-0.39, 0.29) is 17.9 Å². The molecule has 1 fully saturated rings. The molecule has 0 saturated heterocycles. The summed E-state index contributed by atoms with van der Waals surface area (Å²) in [6.45, 7) is -0.212. The van der Waals surface area contributed by atoms with Gasteiger partial charge in [0.2, 0.25) is 5.91 Å². The summed E-state index contributed by atoms with van der Waals surface area (Å²) in [4.78, 5) is 12.1. The number of ether oxygens (including phenoxy) is 1. The van der Waals surface area contributed by atoms with Gasteiger partial charge in [0, 0.05) is 6.54 Å². The molecule has 0 radical (unpaired) electrons. The van der Waals surface area contributed by atoms with Crippen LogP contribution < -0.4 is 15.8 Å². The van der Waals surface area contributed by atoms with Crippen LogP contribution in [0.4, 0.5) is 13.2 Å². The molecule has 0 atom stereocenters. The zero-order chi connectivity index (χ0) is 16.4. The number of methoxy groups -OCH3 is 1. The van der Waals surface area contributed by atoms with Gasteiger partial charge >= 0.3 is 6.18 Å². The van der Waals surface area contributed by atoms with Crippen LogP contribution in [-0.2, 0) is 17.5 Å². The zero-order valence-corrected chi connectivity index (χ0v) is 12.3. The predicted octanol–water partition coefficient (Wildman–Crippen LogP) is 2.60. The maximum atomic E-state index is 13.1. The van der Waals surface area contributed by atoms with E-state index < -0.39 is 23.2 Å². The van der Waals surface area contributed by atoms with Crippen LogP contribution in [0.15, 0.2) is 18.2 Å². The highest BCUT2D eigenvalue weighted by atomic mass is 19.4. The fourth-order valence-electron chi connectivity index (χ4n) is 2.69. The van der Waals surface area contributed by atoms with Gasteiger partial charge in [-0.25, -0.2) is 0 Å². The Morgan fingerprint density at radius 2 is 2.00 bits per heavy atom. The number of halogens is 3. The molecule has 0 heterocycles. The number of carbonyl (C=O) groups excluding carboxylic acids is 1. The Kier molecular flexibility index (Phi) is 4.65. The fourth-order valence-corrected chi connectivity index (χ4v) is 2.69. The van der Waals surface area contributed by atoms with Crippen molar-refractivity contribution in [1.29, 1.82) is 0 Å². The Labute approximate surface area is 126 Å². The standard InChI is InChI=1S/C15H19F3N2O2/c1-22-11-5-4-10(12(8-11)15(16,17)18)9-20-13(21)14(19)6-2-3-7-14/h4-5,8H,2-3,6-7,9,19H2,1H3,(H,20,21). The molecule has 3 N–H and O–H groups in total. The van der Waals surface area contributed by atoms with E-state index in [0.717, 1.165) is 18.9 Å². The molecule has 122 valence electrons. The van der Waals surface area contributed by atoms with Gasteiger partial charge in [0.05, 0.1) is 18.2 Å². The average molecular weight is 316 g/mol. The molecule has 1 amide bonds. The topological polar surface area (TPSA) is 64.3 Å². The van der Waals surface area contributed by atoms with Crippen molar-refractivity contribution in [2.45, 2.75) is 43.9 Å². The number of hydrogen-bond acceptors (Lipinski definition) is 3. The lowest BCUT2D eigenvalue weighted by molar-refractivity contribution is -0.138. The summed E-state index contributed by atoms with van der Waals surface area (Å²) in [6, 6.07) is 3.67. The molecule has 0 aliphatic heterocycles. The third kappa shape index (κ3) is 3.52. The number of alkyl halides is 3. The number of amides is 1. The minimum absolute atomic E-state index is 0.0109. The maximum Gasteiger partial charge on any atom is 0.416 e. The first-order valence-electron chi connectivity index (χ1n) is 7.07. The van der Waals surface area contributed by atoms with Crippen LogP contribution in [0.2, 0.25) is 0 Å². The SMILES string of the molecule is COc1ccc(CNC(=O)C2(N)CCCC2)c(C(F)(F)F)c1. The Balaban J connectivity index is 2.14. The first-order valence-corrected chi connectivity index (χ1v) is 7.07. The van der Waals surface area contributed by atoms with Gasteiger partial charge in [-0.3, -0.25) is 4.79 Å². The van der Waals surface area contributed by atoms with Gasteiger partial charge in [-0.1, -0.05) is 18.9 Å². The van der Waals surface area contributed by atoms with Crippen LogP contribution in [0.5, 0.6) is 5.75 Å². The lowest BCUT2D eigenvalue weighted by Gasteiger charge is -2.23. The van der Waals surface area contributed by atoms with Crippen molar-refractivity contribution >= 4 is 5.91 Å².